The Kier molecular flexibility index (Phi) is 8.31. The van der Waals surface area contributed by atoms with Crippen LogP contribution >= 0.6 is 35.5 Å². The average molecular weight is 508 g/mol. The molecule has 10 heteroatoms. The van der Waals surface area contributed by atoms with E-state index in [1.807, 2.05) is 17.3 Å². The van der Waals surface area contributed by atoms with Gasteiger partial charge >= 0.3 is 0 Å². The number of nitrogens with zero attached hydrogens (tertiary/aromatic N) is 3. The summed E-state index contributed by atoms with van der Waals surface area (Å²) in [6.45, 7) is 7.77. The molecule has 33 heavy (non-hydrogen) atoms. The highest BCUT2D eigenvalue weighted by Gasteiger charge is 2.25. The number of aromatic nitrogens is 2. The molecular weight excluding hydrogens is 478 g/mol. The van der Waals surface area contributed by atoms with E-state index in [2.05, 4.69) is 36.1 Å². The highest BCUT2D eigenvalue weighted by atomic mass is 35.5. The molecule has 0 bridgehead atoms. The van der Waals surface area contributed by atoms with E-state index >= 15 is 0 Å². The van der Waals surface area contributed by atoms with Crippen molar-refractivity contribution in [1.29, 1.82) is 0 Å². The number of benzene rings is 1. The van der Waals surface area contributed by atoms with Gasteiger partial charge in [0.05, 0.1) is 22.4 Å². The Bertz CT molecular complexity index is 1060. The van der Waals surface area contributed by atoms with Crippen molar-refractivity contribution in [2.45, 2.75) is 55.0 Å². The van der Waals surface area contributed by atoms with Gasteiger partial charge in [-0.05, 0) is 37.1 Å². The van der Waals surface area contributed by atoms with E-state index < -0.39 is 0 Å². The first-order valence-corrected chi connectivity index (χ1v) is 12.5. The fourth-order valence-electron chi connectivity index (χ4n) is 3.51. The highest BCUT2D eigenvalue weighted by molar-refractivity contribution is 8.00. The summed E-state index contributed by atoms with van der Waals surface area (Å²) < 4.78 is 6.97. The number of piperidine rings is 1. The van der Waals surface area contributed by atoms with Gasteiger partial charge in [0.1, 0.15) is 5.76 Å². The minimum absolute atomic E-state index is 0. The second kappa shape index (κ2) is 10.8. The van der Waals surface area contributed by atoms with Crippen molar-refractivity contribution in [2.75, 3.05) is 24.1 Å². The van der Waals surface area contributed by atoms with Crippen LogP contribution in [0, 0.1) is 0 Å². The lowest BCUT2D eigenvalue weighted by molar-refractivity contribution is 0.0715. The van der Waals surface area contributed by atoms with Crippen LogP contribution in [0.2, 0.25) is 0 Å². The zero-order valence-electron chi connectivity index (χ0n) is 19.0. The van der Waals surface area contributed by atoms with Crippen molar-refractivity contribution in [1.82, 2.24) is 14.9 Å². The molecule has 1 atom stereocenters. The number of hydrogen-bond acceptors (Lipinski definition) is 8. The molecule has 1 amide bonds. The summed E-state index contributed by atoms with van der Waals surface area (Å²) in [5.74, 6) is 2.35. The summed E-state index contributed by atoms with van der Waals surface area (Å²) in [5, 5.41) is 4.39. The number of hydrogen-bond donors (Lipinski definition) is 2. The van der Waals surface area contributed by atoms with E-state index in [9.17, 15) is 4.79 Å². The summed E-state index contributed by atoms with van der Waals surface area (Å²) in [6, 6.07) is 7.30. The number of nitrogens with one attached hydrogen (secondary N) is 1. The molecule has 1 aromatic carbocycles. The molecule has 0 radical (unpaired) electrons. The number of nitrogens with two attached hydrogens (primary N) is 1. The van der Waals surface area contributed by atoms with Crippen LogP contribution < -0.4 is 11.1 Å². The number of amides is 1. The number of carbonyl (C=O) groups is 1. The summed E-state index contributed by atoms with van der Waals surface area (Å²) in [5.41, 5.74) is 7.03. The van der Waals surface area contributed by atoms with Gasteiger partial charge in [0.15, 0.2) is 5.13 Å². The second-order valence-corrected chi connectivity index (χ2v) is 11.3. The predicted octanol–water partition coefficient (Wildman–Crippen LogP) is 5.44. The molecule has 1 saturated heterocycles. The quantitative estimate of drug-likeness (QED) is 0.338. The molecular formula is C23H30ClN5O2S2. The van der Waals surface area contributed by atoms with Crippen molar-refractivity contribution < 1.29 is 9.21 Å². The van der Waals surface area contributed by atoms with E-state index in [4.69, 9.17) is 10.2 Å². The van der Waals surface area contributed by atoms with E-state index in [-0.39, 0.29) is 29.8 Å². The molecule has 2 aromatic heterocycles. The zero-order chi connectivity index (χ0) is 22.7. The number of oxazole rings is 1. The van der Waals surface area contributed by atoms with Crippen molar-refractivity contribution in [3.8, 4) is 0 Å². The molecule has 0 spiro atoms. The third-order valence-electron chi connectivity index (χ3n) is 5.31. The lowest BCUT2D eigenvalue weighted by Crippen LogP contribution is -2.45. The molecule has 3 heterocycles. The second-order valence-electron chi connectivity index (χ2n) is 9.00. The molecule has 1 fully saturated rings. The van der Waals surface area contributed by atoms with E-state index in [1.165, 1.54) is 0 Å². The SMILES string of the molecule is CC(C)(C)c1cnc(CSc2cnc(NC3CCCN(C(=O)c4ccc(N)cc4)C3)s2)o1.Cl. The number of thioether (sulfide) groups is 1. The Morgan fingerprint density at radius 2 is 2.03 bits per heavy atom. The van der Waals surface area contributed by atoms with Crippen LogP contribution in [0.4, 0.5) is 10.8 Å². The first kappa shape index (κ1) is 25.4. The van der Waals surface area contributed by atoms with Gasteiger partial charge in [-0.2, -0.15) is 0 Å². The number of anilines is 2. The molecule has 3 N–H and O–H groups in total. The summed E-state index contributed by atoms with van der Waals surface area (Å²) in [7, 11) is 0. The van der Waals surface area contributed by atoms with Gasteiger partial charge in [0.2, 0.25) is 5.89 Å². The van der Waals surface area contributed by atoms with Crippen molar-refractivity contribution >= 4 is 52.2 Å². The number of carbonyl (C=O) groups excluding carboxylic acids is 1. The summed E-state index contributed by atoms with van der Waals surface area (Å²) in [4.78, 5) is 23.6. The molecule has 0 saturated carbocycles. The van der Waals surface area contributed by atoms with Crippen molar-refractivity contribution in [3.05, 3.63) is 53.9 Å². The minimum atomic E-state index is -0.0410. The van der Waals surface area contributed by atoms with Gasteiger partial charge in [0, 0.05) is 35.8 Å². The van der Waals surface area contributed by atoms with E-state index in [0.29, 0.717) is 23.5 Å². The van der Waals surface area contributed by atoms with Gasteiger partial charge in [-0.25, -0.2) is 9.97 Å². The monoisotopic (exact) mass is 507 g/mol. The molecule has 0 aliphatic carbocycles. The summed E-state index contributed by atoms with van der Waals surface area (Å²) in [6.07, 6.45) is 5.67. The number of nitrogen functional groups attached to an aromatic ring is 1. The Labute approximate surface area is 209 Å². The fraction of sp³-hybridized carbons (Fsp3) is 0.435. The number of thiazole rings is 1. The lowest BCUT2D eigenvalue weighted by atomic mass is 9.94. The van der Waals surface area contributed by atoms with E-state index in [1.54, 1.807) is 47.4 Å². The van der Waals surface area contributed by atoms with Crippen LogP contribution in [0.25, 0.3) is 0 Å². The van der Waals surface area contributed by atoms with Crippen LogP contribution in [-0.2, 0) is 11.2 Å². The normalized spacial score (nSPS) is 16.3. The maximum atomic E-state index is 12.8. The highest BCUT2D eigenvalue weighted by Crippen LogP contribution is 2.32. The smallest absolute Gasteiger partial charge is 0.253 e. The number of rotatable bonds is 6. The summed E-state index contributed by atoms with van der Waals surface area (Å²) >= 11 is 3.29. The average Bonchev–Trinajstić information content (AvgIpc) is 3.42. The first-order chi connectivity index (χ1) is 15.3. The third-order valence-corrected chi connectivity index (χ3v) is 7.42. The predicted molar refractivity (Wildman–Crippen MR) is 138 cm³/mol. The third kappa shape index (κ3) is 6.65. The van der Waals surface area contributed by atoms with Gasteiger partial charge in [-0.1, -0.05) is 32.1 Å². The molecule has 1 unspecified atom stereocenters. The lowest BCUT2D eigenvalue weighted by Gasteiger charge is -2.33. The van der Waals surface area contributed by atoms with Crippen molar-refractivity contribution in [2.24, 2.45) is 0 Å². The zero-order valence-corrected chi connectivity index (χ0v) is 21.5. The Balaban J connectivity index is 0.00000306. The molecule has 178 valence electrons. The molecule has 3 aromatic rings. The van der Waals surface area contributed by atoms with Crippen LogP contribution in [0.1, 0.15) is 55.6 Å². The molecule has 1 aliphatic rings. The van der Waals surface area contributed by atoms with Crippen LogP contribution in [0.5, 0.6) is 0 Å². The van der Waals surface area contributed by atoms with Gasteiger partial charge in [0.25, 0.3) is 5.91 Å². The van der Waals surface area contributed by atoms with Gasteiger partial charge in [-0.3, -0.25) is 4.79 Å². The number of halogens is 1. The maximum absolute atomic E-state index is 12.8. The number of likely N-dealkylation sites (tertiary alicyclic amines) is 1. The Morgan fingerprint density at radius 3 is 2.73 bits per heavy atom. The largest absolute Gasteiger partial charge is 0.444 e. The van der Waals surface area contributed by atoms with Crippen molar-refractivity contribution in [3.63, 3.8) is 0 Å². The molecule has 1 aliphatic heterocycles. The topological polar surface area (TPSA) is 97.3 Å². The van der Waals surface area contributed by atoms with Crippen LogP contribution in [-0.4, -0.2) is 39.9 Å². The first-order valence-electron chi connectivity index (χ1n) is 10.7. The van der Waals surface area contributed by atoms with Gasteiger partial charge < -0.3 is 20.4 Å². The van der Waals surface area contributed by atoms with E-state index in [0.717, 1.165) is 40.4 Å². The minimum Gasteiger partial charge on any atom is -0.444 e. The molecule has 4 rings (SSSR count). The van der Waals surface area contributed by atoms with Crippen LogP contribution in [0.15, 0.2) is 45.3 Å². The Morgan fingerprint density at radius 1 is 1.27 bits per heavy atom. The van der Waals surface area contributed by atoms with Crippen LogP contribution in [0.3, 0.4) is 0 Å². The molecule has 7 nitrogen and oxygen atoms in total. The van der Waals surface area contributed by atoms with Gasteiger partial charge in [-0.15, -0.1) is 24.2 Å². The fourth-order valence-corrected chi connectivity index (χ4v) is 5.31. The standard InChI is InChI=1S/C23H29N5O2S2.ClH/c1-23(2,3)18-11-25-19(30-18)14-31-20-12-26-22(32-20)27-17-5-4-10-28(13-17)21(29)15-6-8-16(24)9-7-15;/h6-9,11-12,17H,4-5,10,13-14,24H2,1-3H3,(H,26,27);1H. The Hall–Kier alpha value is -2.23. The maximum Gasteiger partial charge on any atom is 0.253 e.